The molecule has 13 heteroatoms. The highest BCUT2D eigenvalue weighted by Crippen LogP contribution is 1.95. The van der Waals surface area contributed by atoms with Gasteiger partial charge in [0.2, 0.25) is 5.78 Å². The molecule has 0 unspecified atom stereocenters. The molecule has 0 bridgehead atoms. The van der Waals surface area contributed by atoms with E-state index in [0.717, 1.165) is 0 Å². The van der Waals surface area contributed by atoms with Gasteiger partial charge in [-0.1, -0.05) is 0 Å². The lowest BCUT2D eigenvalue weighted by Gasteiger charge is -2.08. The second-order valence-electron chi connectivity index (χ2n) is 6.14. The van der Waals surface area contributed by atoms with Crippen LogP contribution in [0.2, 0.25) is 0 Å². The van der Waals surface area contributed by atoms with Crippen LogP contribution in [0.4, 0.5) is 0 Å². The largest absolute Gasteiger partial charge is 0.476 e. The summed E-state index contributed by atoms with van der Waals surface area (Å²) in [5.74, 6) is -3.68. The Kier molecular flexibility index (Phi) is 21.5. The second-order valence-corrected chi connectivity index (χ2v) is 6.14. The zero-order valence-electron chi connectivity index (χ0n) is 19.0. The third-order valence-corrected chi connectivity index (χ3v) is 3.59. The molecule has 13 nitrogen and oxygen atoms in total. The van der Waals surface area contributed by atoms with Gasteiger partial charge in [0.25, 0.3) is 0 Å². The number of ether oxygens (including phenoxy) is 8. The van der Waals surface area contributed by atoms with Crippen molar-refractivity contribution in [2.45, 2.75) is 12.8 Å². The molecule has 1 N–H and O–H groups in total. The van der Waals surface area contributed by atoms with Gasteiger partial charge in [-0.15, -0.1) is 0 Å². The average Bonchev–Trinajstić information content (AvgIpc) is 2.80. The van der Waals surface area contributed by atoms with Gasteiger partial charge >= 0.3 is 17.9 Å². The Morgan fingerprint density at radius 2 is 0.939 bits per heavy atom. The van der Waals surface area contributed by atoms with Gasteiger partial charge < -0.3 is 43.0 Å². The minimum absolute atomic E-state index is 0.0113. The van der Waals surface area contributed by atoms with Crippen LogP contribution in [0.1, 0.15) is 12.8 Å². The van der Waals surface area contributed by atoms with Gasteiger partial charge in [-0.05, 0) is 0 Å². The van der Waals surface area contributed by atoms with Crippen molar-refractivity contribution in [1.29, 1.82) is 0 Å². The lowest BCUT2D eigenvalue weighted by Crippen LogP contribution is -2.17. The lowest BCUT2D eigenvalue weighted by molar-refractivity contribution is -0.151. The molecule has 0 aliphatic rings. The smallest absolute Gasteiger partial charge is 0.372 e. The van der Waals surface area contributed by atoms with Gasteiger partial charge in [0.1, 0.15) is 13.2 Å². The fraction of sp³-hybridized carbons (Fsp3) is 0.800. The van der Waals surface area contributed by atoms with Crippen molar-refractivity contribution in [3.63, 3.8) is 0 Å². The summed E-state index contributed by atoms with van der Waals surface area (Å²) in [5.41, 5.74) is 0. The van der Waals surface area contributed by atoms with Gasteiger partial charge in [-0.3, -0.25) is 9.59 Å². The first kappa shape index (κ1) is 30.8. The third kappa shape index (κ3) is 22.8. The predicted molar refractivity (Wildman–Crippen MR) is 110 cm³/mol. The van der Waals surface area contributed by atoms with Gasteiger partial charge in [-0.2, -0.15) is 0 Å². The highest BCUT2D eigenvalue weighted by atomic mass is 16.6. The van der Waals surface area contributed by atoms with E-state index in [-0.39, 0.29) is 32.7 Å². The first-order chi connectivity index (χ1) is 16.0. The number of carboxylic acid groups (broad SMARTS) is 1. The monoisotopic (exact) mass is 482 g/mol. The highest BCUT2D eigenvalue weighted by Gasteiger charge is 2.14. The van der Waals surface area contributed by atoms with Gasteiger partial charge in [0.15, 0.2) is 0 Å². The summed E-state index contributed by atoms with van der Waals surface area (Å²) in [6, 6.07) is 0. The number of aliphatic carboxylic acids is 1. The van der Waals surface area contributed by atoms with Gasteiger partial charge in [0, 0.05) is 6.42 Å². The third-order valence-electron chi connectivity index (χ3n) is 3.59. The molecule has 0 spiro atoms. The molecule has 0 aromatic heterocycles. The molecule has 0 saturated heterocycles. The number of Topliss-reactive ketones (excluding diaryl/α,β-unsaturated/α-hetero) is 1. The molecule has 0 rings (SSSR count). The molecule has 0 atom stereocenters. The number of hydrogen-bond acceptors (Lipinski definition) is 12. The second kappa shape index (κ2) is 23.0. The minimum Gasteiger partial charge on any atom is -0.476 e. The van der Waals surface area contributed by atoms with Crippen LogP contribution in [0.3, 0.4) is 0 Å². The van der Waals surface area contributed by atoms with Crippen LogP contribution < -0.4 is 0 Å². The van der Waals surface area contributed by atoms with Crippen LogP contribution in [-0.4, -0.2) is 122 Å². The van der Waals surface area contributed by atoms with Crippen molar-refractivity contribution in [3.8, 4) is 0 Å². The fourth-order valence-electron chi connectivity index (χ4n) is 1.92. The molecule has 0 aromatic rings. The molecule has 0 heterocycles. The molecule has 0 saturated carbocycles. The van der Waals surface area contributed by atoms with E-state index in [0.29, 0.717) is 66.1 Å². The molecular weight excluding hydrogens is 448 g/mol. The van der Waals surface area contributed by atoms with Crippen LogP contribution in [0, 0.1) is 0 Å². The summed E-state index contributed by atoms with van der Waals surface area (Å²) in [6.07, 6.45) is -0.662. The summed E-state index contributed by atoms with van der Waals surface area (Å²) >= 11 is 0. The number of methoxy groups -OCH3 is 1. The predicted octanol–water partition coefficient (Wildman–Crippen LogP) is -0.764. The molecule has 0 aliphatic heterocycles. The number of hydrogen-bond donors (Lipinski definition) is 1. The van der Waals surface area contributed by atoms with E-state index in [2.05, 4.69) is 4.74 Å². The number of carbonyl (C=O) groups excluding carboxylic acids is 3. The SMILES string of the molecule is COC(=O)COCCOCCOCCOCCOCCOCCOC(=O)CCC(=O)C(=O)O. The molecule has 0 aliphatic carbocycles. The lowest BCUT2D eigenvalue weighted by atomic mass is 10.2. The highest BCUT2D eigenvalue weighted by molar-refractivity contribution is 6.32. The standard InChI is InChI=1S/C20H34O13/c1-26-19(23)16-32-13-12-30-9-8-28-5-4-27-6-7-29-10-11-31-14-15-33-18(22)3-2-17(21)20(24)25/h2-16H2,1H3,(H,24,25). The Morgan fingerprint density at radius 3 is 1.33 bits per heavy atom. The number of rotatable bonds is 24. The van der Waals surface area contributed by atoms with Crippen LogP contribution in [-0.2, 0) is 57.1 Å². The zero-order chi connectivity index (χ0) is 24.6. The Hall–Kier alpha value is -2.16. The topological polar surface area (TPSA) is 162 Å². The molecule has 33 heavy (non-hydrogen) atoms. The van der Waals surface area contributed by atoms with Crippen molar-refractivity contribution in [2.24, 2.45) is 0 Å². The minimum atomic E-state index is -1.57. The number of esters is 2. The maximum Gasteiger partial charge on any atom is 0.372 e. The van der Waals surface area contributed by atoms with E-state index in [1.54, 1.807) is 0 Å². The van der Waals surface area contributed by atoms with Crippen LogP contribution in [0.25, 0.3) is 0 Å². The van der Waals surface area contributed by atoms with Crippen molar-refractivity contribution < 1.29 is 62.2 Å². The quantitative estimate of drug-likeness (QED) is 0.104. The van der Waals surface area contributed by atoms with Crippen LogP contribution in [0.15, 0.2) is 0 Å². The Labute approximate surface area is 192 Å². The summed E-state index contributed by atoms with van der Waals surface area (Å²) in [6.45, 7) is 3.89. The van der Waals surface area contributed by atoms with Crippen molar-refractivity contribution >= 4 is 23.7 Å². The molecule has 0 fully saturated rings. The molecule has 0 radical (unpaired) electrons. The first-order valence-electron chi connectivity index (χ1n) is 10.4. The van der Waals surface area contributed by atoms with Gasteiger partial charge in [0.05, 0.1) is 86.2 Å². The van der Waals surface area contributed by atoms with Crippen molar-refractivity contribution in [1.82, 2.24) is 0 Å². The molecule has 0 aromatic carbocycles. The maximum absolute atomic E-state index is 11.3. The molecule has 192 valence electrons. The summed E-state index contributed by atoms with van der Waals surface area (Å²) in [4.78, 5) is 43.2. The summed E-state index contributed by atoms with van der Waals surface area (Å²) < 4.78 is 40.7. The fourth-order valence-corrected chi connectivity index (χ4v) is 1.92. The maximum atomic E-state index is 11.3. The van der Waals surface area contributed by atoms with E-state index >= 15 is 0 Å². The number of carboxylic acids is 1. The normalized spacial score (nSPS) is 10.7. The Bertz CT molecular complexity index is 538. The number of carbonyl (C=O) groups is 4. The van der Waals surface area contributed by atoms with Crippen LogP contribution in [0.5, 0.6) is 0 Å². The van der Waals surface area contributed by atoms with E-state index in [4.69, 9.17) is 38.3 Å². The van der Waals surface area contributed by atoms with Gasteiger partial charge in [-0.25, -0.2) is 9.59 Å². The molecule has 0 amide bonds. The van der Waals surface area contributed by atoms with E-state index in [1.807, 2.05) is 0 Å². The summed E-state index contributed by atoms with van der Waals surface area (Å²) in [5, 5.41) is 8.39. The van der Waals surface area contributed by atoms with E-state index < -0.39 is 23.7 Å². The van der Waals surface area contributed by atoms with E-state index in [9.17, 15) is 19.2 Å². The zero-order valence-corrected chi connectivity index (χ0v) is 19.0. The Balaban J connectivity index is 3.18. The van der Waals surface area contributed by atoms with Crippen LogP contribution >= 0.6 is 0 Å². The molecular formula is C20H34O13. The number of ketones is 1. The summed E-state index contributed by atoms with van der Waals surface area (Å²) in [7, 11) is 1.29. The van der Waals surface area contributed by atoms with E-state index in [1.165, 1.54) is 7.11 Å². The van der Waals surface area contributed by atoms with Crippen molar-refractivity contribution in [3.05, 3.63) is 0 Å². The Morgan fingerprint density at radius 1 is 0.545 bits per heavy atom. The first-order valence-corrected chi connectivity index (χ1v) is 10.4. The average molecular weight is 482 g/mol. The van der Waals surface area contributed by atoms with Crippen molar-refractivity contribution in [2.75, 3.05) is 93.0 Å².